The Hall–Kier alpha value is -1.18. The van der Waals surface area contributed by atoms with Crippen LogP contribution in [0.15, 0.2) is 17.0 Å². The van der Waals surface area contributed by atoms with Crippen molar-refractivity contribution >= 4 is 27.6 Å². The molecule has 0 saturated heterocycles. The van der Waals surface area contributed by atoms with Gasteiger partial charge in [-0.1, -0.05) is 18.5 Å². The summed E-state index contributed by atoms with van der Waals surface area (Å²) in [4.78, 5) is 15.5. The van der Waals surface area contributed by atoms with E-state index in [-0.39, 0.29) is 21.8 Å². The summed E-state index contributed by atoms with van der Waals surface area (Å²) in [7, 11) is -1.13. The summed E-state index contributed by atoms with van der Waals surface area (Å²) in [6, 6.07) is 2.59. The first-order valence-electron chi connectivity index (χ1n) is 7.50. The Morgan fingerprint density at radius 1 is 1.30 bits per heavy atom. The molecule has 0 aromatic carbocycles. The van der Waals surface area contributed by atoms with Gasteiger partial charge in [0.1, 0.15) is 10.0 Å². The number of ether oxygens (including phenoxy) is 1. The maximum absolute atomic E-state index is 12.9. The van der Waals surface area contributed by atoms with Crippen molar-refractivity contribution in [3.8, 4) is 0 Å². The van der Waals surface area contributed by atoms with Gasteiger partial charge < -0.3 is 4.74 Å². The molecule has 1 fully saturated rings. The van der Waals surface area contributed by atoms with E-state index < -0.39 is 16.0 Å². The number of carbonyl (C=O) groups excluding carboxylic acids is 1. The largest absolute Gasteiger partial charge is 0.464 e. The van der Waals surface area contributed by atoms with Gasteiger partial charge in [0, 0.05) is 13.1 Å². The normalized spacial score (nSPS) is 22.1. The third kappa shape index (κ3) is 3.84. The number of rotatable bonds is 4. The molecule has 1 saturated carbocycles. The molecule has 0 N–H and O–H groups in total. The number of hydrogen-bond acceptors (Lipinski definition) is 5. The van der Waals surface area contributed by atoms with E-state index in [0.29, 0.717) is 5.92 Å². The molecular formula is C15H21ClN2O4S. The minimum atomic E-state index is -3.85. The third-order valence-electron chi connectivity index (χ3n) is 4.36. The Bertz CT molecular complexity index is 685. The summed E-state index contributed by atoms with van der Waals surface area (Å²) in [6.07, 6.45) is 3.61. The van der Waals surface area contributed by atoms with Gasteiger partial charge in [0.2, 0.25) is 10.0 Å². The Labute approximate surface area is 141 Å². The Kier molecular flexibility index (Phi) is 5.65. The van der Waals surface area contributed by atoms with Crippen molar-refractivity contribution in [2.24, 2.45) is 5.92 Å². The fraction of sp³-hybridized carbons (Fsp3) is 0.600. The van der Waals surface area contributed by atoms with E-state index in [1.165, 1.54) is 23.5 Å². The van der Waals surface area contributed by atoms with Gasteiger partial charge in [-0.3, -0.25) is 0 Å². The van der Waals surface area contributed by atoms with Crippen molar-refractivity contribution < 1.29 is 17.9 Å². The van der Waals surface area contributed by atoms with Crippen LogP contribution < -0.4 is 0 Å². The van der Waals surface area contributed by atoms with E-state index >= 15 is 0 Å². The van der Waals surface area contributed by atoms with Gasteiger partial charge >= 0.3 is 5.97 Å². The number of aromatic nitrogens is 1. The first kappa shape index (κ1) is 18.2. The fourth-order valence-electron chi connectivity index (χ4n) is 2.83. The van der Waals surface area contributed by atoms with Crippen LogP contribution in [0.25, 0.3) is 0 Å². The molecular weight excluding hydrogens is 340 g/mol. The molecule has 6 nitrogen and oxygen atoms in total. The number of halogens is 1. The molecule has 0 aliphatic heterocycles. The molecule has 1 aliphatic rings. The minimum absolute atomic E-state index is 0.0403. The van der Waals surface area contributed by atoms with E-state index in [9.17, 15) is 13.2 Å². The quantitative estimate of drug-likeness (QED) is 0.609. The highest BCUT2D eigenvalue weighted by molar-refractivity contribution is 7.89. The number of methoxy groups -OCH3 is 1. The molecule has 128 valence electrons. The van der Waals surface area contributed by atoms with Crippen LogP contribution in [-0.4, -0.2) is 43.9 Å². The number of esters is 1. The molecule has 1 aromatic rings. The highest BCUT2D eigenvalue weighted by Crippen LogP contribution is 2.30. The van der Waals surface area contributed by atoms with Gasteiger partial charge in [-0.2, -0.15) is 4.31 Å². The average Bonchev–Trinajstić information content (AvgIpc) is 2.53. The second-order valence-corrected chi connectivity index (χ2v) is 8.26. The maximum Gasteiger partial charge on any atom is 0.358 e. The van der Waals surface area contributed by atoms with Crippen LogP contribution in [0.1, 0.15) is 43.1 Å². The van der Waals surface area contributed by atoms with Gasteiger partial charge in [0.05, 0.1) is 7.11 Å². The summed E-state index contributed by atoms with van der Waals surface area (Å²) >= 11 is 5.78. The standard InChI is InChI=1S/C15H21ClN2O4S/c1-10-4-6-11(7-5-10)18(2)23(20,21)12-8-9-13(16)17-14(12)15(19)22-3/h8-11H,4-7H2,1-3H3. The highest BCUT2D eigenvalue weighted by Gasteiger charge is 2.34. The summed E-state index contributed by atoms with van der Waals surface area (Å²) in [5.74, 6) is -0.207. The lowest BCUT2D eigenvalue weighted by Gasteiger charge is -2.33. The van der Waals surface area contributed by atoms with Crippen molar-refractivity contribution in [2.45, 2.75) is 43.5 Å². The van der Waals surface area contributed by atoms with Gasteiger partial charge in [-0.25, -0.2) is 18.2 Å². The molecule has 23 heavy (non-hydrogen) atoms. The zero-order valence-corrected chi connectivity index (χ0v) is 15.0. The summed E-state index contributed by atoms with van der Waals surface area (Å²) in [6.45, 7) is 2.17. The Morgan fingerprint density at radius 2 is 1.91 bits per heavy atom. The van der Waals surface area contributed by atoms with E-state index in [4.69, 9.17) is 11.6 Å². The first-order chi connectivity index (χ1) is 10.8. The van der Waals surface area contributed by atoms with Crippen LogP contribution in [0.3, 0.4) is 0 Å². The molecule has 1 aromatic heterocycles. The molecule has 0 radical (unpaired) electrons. The average molecular weight is 361 g/mol. The predicted molar refractivity (Wildman–Crippen MR) is 87.0 cm³/mol. The van der Waals surface area contributed by atoms with Crippen LogP contribution in [0, 0.1) is 5.92 Å². The Balaban J connectivity index is 2.37. The van der Waals surface area contributed by atoms with Gasteiger partial charge in [-0.15, -0.1) is 0 Å². The molecule has 0 atom stereocenters. The van der Waals surface area contributed by atoms with Crippen molar-refractivity contribution in [2.75, 3.05) is 14.2 Å². The zero-order chi connectivity index (χ0) is 17.2. The second-order valence-electron chi connectivity index (χ2n) is 5.91. The maximum atomic E-state index is 12.9. The van der Waals surface area contributed by atoms with Gasteiger partial charge in [0.25, 0.3) is 0 Å². The van der Waals surface area contributed by atoms with Crippen LogP contribution in [0.2, 0.25) is 5.15 Å². The fourth-order valence-corrected chi connectivity index (χ4v) is 4.51. The van der Waals surface area contributed by atoms with Crippen LogP contribution >= 0.6 is 11.6 Å². The first-order valence-corrected chi connectivity index (χ1v) is 9.32. The van der Waals surface area contributed by atoms with Gasteiger partial charge in [0.15, 0.2) is 5.69 Å². The van der Waals surface area contributed by atoms with Crippen molar-refractivity contribution in [3.05, 3.63) is 23.0 Å². The van der Waals surface area contributed by atoms with Crippen molar-refractivity contribution in [3.63, 3.8) is 0 Å². The molecule has 0 bridgehead atoms. The topological polar surface area (TPSA) is 76.6 Å². The molecule has 1 heterocycles. The lowest BCUT2D eigenvalue weighted by molar-refractivity contribution is 0.0589. The lowest BCUT2D eigenvalue weighted by atomic mass is 9.87. The van der Waals surface area contributed by atoms with Crippen LogP contribution in [0.5, 0.6) is 0 Å². The Morgan fingerprint density at radius 3 is 2.48 bits per heavy atom. The number of pyridine rings is 1. The number of sulfonamides is 1. The lowest BCUT2D eigenvalue weighted by Crippen LogP contribution is -2.39. The summed E-state index contributed by atoms with van der Waals surface area (Å²) in [5.41, 5.74) is -0.281. The molecule has 0 unspecified atom stereocenters. The highest BCUT2D eigenvalue weighted by atomic mass is 35.5. The van der Waals surface area contributed by atoms with E-state index in [1.54, 1.807) is 7.05 Å². The van der Waals surface area contributed by atoms with Crippen molar-refractivity contribution in [1.29, 1.82) is 0 Å². The van der Waals surface area contributed by atoms with E-state index in [2.05, 4.69) is 16.6 Å². The predicted octanol–water partition coefficient (Wildman–Crippen LogP) is 2.72. The van der Waals surface area contributed by atoms with E-state index in [1.807, 2.05) is 0 Å². The zero-order valence-electron chi connectivity index (χ0n) is 13.5. The summed E-state index contributed by atoms with van der Waals surface area (Å²) < 4.78 is 31.8. The van der Waals surface area contributed by atoms with Crippen molar-refractivity contribution in [1.82, 2.24) is 9.29 Å². The van der Waals surface area contributed by atoms with Crippen LogP contribution in [0.4, 0.5) is 0 Å². The number of hydrogen-bond donors (Lipinski definition) is 0. The third-order valence-corrected chi connectivity index (χ3v) is 6.51. The molecule has 0 amide bonds. The molecule has 1 aliphatic carbocycles. The second kappa shape index (κ2) is 7.15. The SMILES string of the molecule is COC(=O)c1nc(Cl)ccc1S(=O)(=O)N(C)C1CCC(C)CC1. The minimum Gasteiger partial charge on any atom is -0.464 e. The monoisotopic (exact) mass is 360 g/mol. The summed E-state index contributed by atoms with van der Waals surface area (Å²) in [5, 5.41) is 0.0403. The molecule has 8 heteroatoms. The van der Waals surface area contributed by atoms with E-state index in [0.717, 1.165) is 25.7 Å². The van der Waals surface area contributed by atoms with Gasteiger partial charge in [-0.05, 0) is 43.7 Å². The molecule has 0 spiro atoms. The number of carbonyl (C=O) groups is 1. The van der Waals surface area contributed by atoms with Crippen LogP contribution in [-0.2, 0) is 14.8 Å². The molecule has 2 rings (SSSR count). The number of nitrogens with zero attached hydrogens (tertiary/aromatic N) is 2. The smallest absolute Gasteiger partial charge is 0.358 e.